The van der Waals surface area contributed by atoms with Crippen LogP contribution in [0.25, 0.3) is 0 Å². The molecule has 70 valence electrons. The highest BCUT2D eigenvalue weighted by Gasteiger charge is 2.13. The molecule has 0 saturated heterocycles. The highest BCUT2D eigenvalue weighted by molar-refractivity contribution is 9.10. The van der Waals surface area contributed by atoms with Crippen LogP contribution < -0.4 is 11.1 Å². The van der Waals surface area contributed by atoms with Crippen LogP contribution in [0.1, 0.15) is 15.9 Å². The summed E-state index contributed by atoms with van der Waals surface area (Å²) >= 11 is 3.33. The van der Waals surface area contributed by atoms with E-state index in [0.29, 0.717) is 11.3 Å². The molecular weight excluding hydrogens is 232 g/mol. The molecule has 0 aliphatic carbocycles. The number of nitrogens with two attached hydrogens (primary N) is 1. The monoisotopic (exact) mass is 242 g/mol. The minimum atomic E-state index is -0.173. The van der Waals surface area contributed by atoms with Crippen molar-refractivity contribution in [2.75, 3.05) is 12.8 Å². The third-order valence-corrected chi connectivity index (χ3v) is 2.84. The average molecular weight is 243 g/mol. The van der Waals surface area contributed by atoms with E-state index in [9.17, 15) is 4.79 Å². The second kappa shape index (κ2) is 3.79. The summed E-state index contributed by atoms with van der Waals surface area (Å²) < 4.78 is 0.756. The van der Waals surface area contributed by atoms with Gasteiger partial charge in [0.2, 0.25) is 0 Å². The maximum Gasteiger partial charge on any atom is 0.254 e. The van der Waals surface area contributed by atoms with Crippen molar-refractivity contribution < 1.29 is 4.79 Å². The Balaban J connectivity index is 3.33. The van der Waals surface area contributed by atoms with Gasteiger partial charge in [0.15, 0.2) is 0 Å². The zero-order valence-corrected chi connectivity index (χ0v) is 9.10. The van der Waals surface area contributed by atoms with Crippen LogP contribution in [0.15, 0.2) is 16.6 Å². The minimum absolute atomic E-state index is 0.173. The molecule has 4 heteroatoms. The Morgan fingerprint density at radius 1 is 1.54 bits per heavy atom. The van der Waals surface area contributed by atoms with Gasteiger partial charge < -0.3 is 11.1 Å². The summed E-state index contributed by atoms with van der Waals surface area (Å²) in [6, 6.07) is 3.59. The number of nitrogen functional groups attached to an aromatic ring is 1. The Morgan fingerprint density at radius 2 is 2.15 bits per heavy atom. The number of nitrogens with one attached hydrogen (secondary N) is 1. The van der Waals surface area contributed by atoms with Gasteiger partial charge in [-0.15, -0.1) is 0 Å². The SMILES string of the molecule is CNC(=O)c1c(N)ccc(C)c1Br. The lowest BCUT2D eigenvalue weighted by molar-refractivity contribution is 0.0963. The first-order valence-electron chi connectivity index (χ1n) is 3.84. The lowest BCUT2D eigenvalue weighted by atomic mass is 10.1. The fraction of sp³-hybridized carbons (Fsp3) is 0.222. The quantitative estimate of drug-likeness (QED) is 0.737. The van der Waals surface area contributed by atoms with Gasteiger partial charge in [-0.2, -0.15) is 0 Å². The van der Waals surface area contributed by atoms with Gasteiger partial charge in [-0.05, 0) is 34.5 Å². The van der Waals surface area contributed by atoms with Gasteiger partial charge in [-0.25, -0.2) is 0 Å². The van der Waals surface area contributed by atoms with Crippen molar-refractivity contribution in [3.8, 4) is 0 Å². The van der Waals surface area contributed by atoms with Crippen LogP contribution in [-0.2, 0) is 0 Å². The van der Waals surface area contributed by atoms with Gasteiger partial charge in [0.25, 0.3) is 5.91 Å². The lowest BCUT2D eigenvalue weighted by Crippen LogP contribution is -2.20. The lowest BCUT2D eigenvalue weighted by Gasteiger charge is -2.08. The average Bonchev–Trinajstić information content (AvgIpc) is 2.12. The van der Waals surface area contributed by atoms with Crippen LogP contribution in [0.4, 0.5) is 5.69 Å². The van der Waals surface area contributed by atoms with Crippen LogP contribution in [0.3, 0.4) is 0 Å². The molecule has 0 bridgehead atoms. The first-order chi connectivity index (χ1) is 6.07. The molecule has 0 fully saturated rings. The molecule has 0 unspecified atom stereocenters. The molecule has 1 aromatic carbocycles. The third-order valence-electron chi connectivity index (χ3n) is 1.82. The van der Waals surface area contributed by atoms with Gasteiger partial charge in [-0.3, -0.25) is 4.79 Å². The van der Waals surface area contributed by atoms with Crippen molar-refractivity contribution in [1.82, 2.24) is 5.32 Å². The molecule has 0 spiro atoms. The zero-order valence-electron chi connectivity index (χ0n) is 7.52. The molecule has 3 nitrogen and oxygen atoms in total. The summed E-state index contributed by atoms with van der Waals surface area (Å²) in [5.74, 6) is -0.173. The van der Waals surface area contributed by atoms with Crippen molar-refractivity contribution in [3.63, 3.8) is 0 Å². The molecule has 0 aromatic heterocycles. The number of carbonyl (C=O) groups excluding carboxylic acids is 1. The topological polar surface area (TPSA) is 55.1 Å². The predicted molar refractivity (Wildman–Crippen MR) is 56.7 cm³/mol. The van der Waals surface area contributed by atoms with Crippen molar-refractivity contribution >= 4 is 27.5 Å². The van der Waals surface area contributed by atoms with Crippen LogP contribution >= 0.6 is 15.9 Å². The minimum Gasteiger partial charge on any atom is -0.398 e. The Kier molecular flexibility index (Phi) is 2.93. The third kappa shape index (κ3) is 1.83. The number of rotatable bonds is 1. The van der Waals surface area contributed by atoms with E-state index in [4.69, 9.17) is 5.73 Å². The molecule has 0 saturated carbocycles. The molecule has 0 atom stereocenters. The normalized spacial score (nSPS) is 9.77. The summed E-state index contributed by atoms with van der Waals surface area (Å²) in [7, 11) is 1.58. The number of hydrogen-bond donors (Lipinski definition) is 2. The molecule has 0 aliphatic rings. The van der Waals surface area contributed by atoms with Crippen LogP contribution in [0, 0.1) is 6.92 Å². The summed E-state index contributed by atoms with van der Waals surface area (Å²) in [5, 5.41) is 2.54. The molecule has 0 radical (unpaired) electrons. The number of halogens is 1. The molecule has 0 heterocycles. The Morgan fingerprint density at radius 3 is 2.69 bits per heavy atom. The van der Waals surface area contributed by atoms with E-state index in [0.717, 1.165) is 10.0 Å². The van der Waals surface area contributed by atoms with E-state index < -0.39 is 0 Å². The van der Waals surface area contributed by atoms with E-state index in [1.807, 2.05) is 13.0 Å². The van der Waals surface area contributed by atoms with Crippen LogP contribution in [-0.4, -0.2) is 13.0 Å². The smallest absolute Gasteiger partial charge is 0.254 e. The standard InChI is InChI=1S/C9H11BrN2O/c1-5-3-4-6(11)7(8(5)10)9(13)12-2/h3-4H,11H2,1-2H3,(H,12,13). The highest BCUT2D eigenvalue weighted by atomic mass is 79.9. The van der Waals surface area contributed by atoms with Gasteiger partial charge in [-0.1, -0.05) is 6.07 Å². The van der Waals surface area contributed by atoms with E-state index in [1.165, 1.54) is 0 Å². The fourth-order valence-electron chi connectivity index (χ4n) is 1.05. The Labute approximate surface area is 85.4 Å². The Hall–Kier alpha value is -1.03. The predicted octanol–water partition coefficient (Wildman–Crippen LogP) is 1.70. The van der Waals surface area contributed by atoms with E-state index in [2.05, 4.69) is 21.2 Å². The van der Waals surface area contributed by atoms with Crippen LogP contribution in [0.5, 0.6) is 0 Å². The number of hydrogen-bond acceptors (Lipinski definition) is 2. The molecule has 1 amide bonds. The molecular formula is C9H11BrN2O. The first kappa shape index (κ1) is 10.1. The molecule has 0 aliphatic heterocycles. The maximum atomic E-state index is 11.4. The summed E-state index contributed by atoms with van der Waals surface area (Å²) in [6.45, 7) is 1.91. The number of benzene rings is 1. The number of anilines is 1. The number of amides is 1. The fourth-order valence-corrected chi connectivity index (χ4v) is 1.59. The van der Waals surface area contributed by atoms with Gasteiger partial charge >= 0.3 is 0 Å². The summed E-state index contributed by atoms with van der Waals surface area (Å²) in [4.78, 5) is 11.4. The number of carbonyl (C=O) groups is 1. The van der Waals surface area contributed by atoms with Gasteiger partial charge in [0.1, 0.15) is 0 Å². The molecule has 1 rings (SSSR count). The van der Waals surface area contributed by atoms with Crippen molar-refractivity contribution in [1.29, 1.82) is 0 Å². The van der Waals surface area contributed by atoms with Gasteiger partial charge in [0, 0.05) is 17.2 Å². The van der Waals surface area contributed by atoms with E-state index >= 15 is 0 Å². The van der Waals surface area contributed by atoms with E-state index in [1.54, 1.807) is 13.1 Å². The first-order valence-corrected chi connectivity index (χ1v) is 4.64. The van der Waals surface area contributed by atoms with Crippen molar-refractivity contribution in [2.24, 2.45) is 0 Å². The second-order valence-electron chi connectivity index (χ2n) is 2.74. The Bertz CT molecular complexity index is 350. The number of aryl methyl sites for hydroxylation is 1. The van der Waals surface area contributed by atoms with Crippen molar-refractivity contribution in [3.05, 3.63) is 27.7 Å². The van der Waals surface area contributed by atoms with Gasteiger partial charge in [0.05, 0.1) is 5.56 Å². The molecule has 13 heavy (non-hydrogen) atoms. The molecule has 1 aromatic rings. The second-order valence-corrected chi connectivity index (χ2v) is 3.53. The van der Waals surface area contributed by atoms with E-state index in [-0.39, 0.29) is 5.91 Å². The maximum absolute atomic E-state index is 11.4. The molecule has 3 N–H and O–H groups in total. The summed E-state index contributed by atoms with van der Waals surface area (Å²) in [5.41, 5.74) is 7.65. The largest absolute Gasteiger partial charge is 0.398 e. The summed E-state index contributed by atoms with van der Waals surface area (Å²) in [6.07, 6.45) is 0. The van der Waals surface area contributed by atoms with Crippen molar-refractivity contribution in [2.45, 2.75) is 6.92 Å². The highest BCUT2D eigenvalue weighted by Crippen LogP contribution is 2.26. The van der Waals surface area contributed by atoms with Crippen LogP contribution in [0.2, 0.25) is 0 Å². The zero-order chi connectivity index (χ0) is 10.0.